The molecular weight excluding hydrogens is 504 g/mol. The molecule has 0 aliphatic heterocycles. The summed E-state index contributed by atoms with van der Waals surface area (Å²) in [5.74, 6) is 0.220. The van der Waals surface area contributed by atoms with Crippen LogP contribution in [0.25, 0.3) is 28.6 Å². The molecule has 1 N–H and O–H groups in total. The van der Waals surface area contributed by atoms with E-state index in [1.54, 1.807) is 23.0 Å². The van der Waals surface area contributed by atoms with Crippen molar-refractivity contribution in [3.63, 3.8) is 0 Å². The van der Waals surface area contributed by atoms with E-state index in [0.29, 0.717) is 17.0 Å². The third-order valence-corrected chi connectivity index (χ3v) is 6.57. The minimum atomic E-state index is -0.461. The predicted molar refractivity (Wildman–Crippen MR) is 153 cm³/mol. The number of H-pyrrole nitrogens is 1. The number of hydrogen-bond acceptors (Lipinski definition) is 5. The molecule has 0 aliphatic carbocycles. The number of nitrogens with one attached hydrogen (secondary N) is 1. The zero-order valence-corrected chi connectivity index (χ0v) is 21.3. The molecule has 0 amide bonds. The maximum absolute atomic E-state index is 13.7. The summed E-state index contributed by atoms with van der Waals surface area (Å²) >= 11 is 0. The van der Waals surface area contributed by atoms with Gasteiger partial charge in [-0.05, 0) is 28.8 Å². The van der Waals surface area contributed by atoms with E-state index in [1.807, 2.05) is 84.9 Å². The maximum atomic E-state index is 13.7. The van der Waals surface area contributed by atoms with Gasteiger partial charge >= 0.3 is 5.69 Å². The number of aromatic amines is 1. The summed E-state index contributed by atoms with van der Waals surface area (Å²) in [5.41, 5.74) is 2.89. The molecule has 9 nitrogen and oxygen atoms in total. The zero-order chi connectivity index (χ0) is 27.5. The van der Waals surface area contributed by atoms with Crippen molar-refractivity contribution < 1.29 is 4.79 Å². The van der Waals surface area contributed by atoms with Crippen LogP contribution in [-0.4, -0.2) is 34.6 Å². The lowest BCUT2D eigenvalue weighted by Crippen LogP contribution is -2.40. The van der Waals surface area contributed by atoms with Crippen LogP contribution in [0.3, 0.4) is 0 Å². The first-order valence-corrected chi connectivity index (χ1v) is 12.7. The van der Waals surface area contributed by atoms with Gasteiger partial charge in [-0.1, -0.05) is 78.9 Å². The fourth-order valence-corrected chi connectivity index (χ4v) is 4.55. The fourth-order valence-electron chi connectivity index (χ4n) is 4.55. The molecule has 0 atom stereocenters. The average molecular weight is 529 g/mol. The average Bonchev–Trinajstić information content (AvgIpc) is 3.69. The number of benzene rings is 3. The van der Waals surface area contributed by atoms with Gasteiger partial charge in [-0.3, -0.25) is 23.3 Å². The summed E-state index contributed by atoms with van der Waals surface area (Å²) < 4.78 is 4.16. The van der Waals surface area contributed by atoms with Gasteiger partial charge in [0.25, 0.3) is 11.5 Å². The SMILES string of the molecule is O=C(/C=C/c1cccc(-c2nc3c(=O)n(Cc4ccccc4)c(=O)n(Cc4ccccc4)c3[nH]2)c1)n1ccnc1. The van der Waals surface area contributed by atoms with Crippen molar-refractivity contribution in [2.24, 2.45) is 0 Å². The minimum absolute atomic E-state index is 0.136. The van der Waals surface area contributed by atoms with Crippen LogP contribution in [0.4, 0.5) is 0 Å². The number of nitrogens with zero attached hydrogens (tertiary/aromatic N) is 5. The van der Waals surface area contributed by atoms with Gasteiger partial charge in [-0.2, -0.15) is 0 Å². The molecule has 0 aliphatic rings. The fraction of sp³-hybridized carbons (Fsp3) is 0.0645. The van der Waals surface area contributed by atoms with Crippen LogP contribution < -0.4 is 11.2 Å². The van der Waals surface area contributed by atoms with Crippen molar-refractivity contribution in [2.45, 2.75) is 13.1 Å². The third-order valence-electron chi connectivity index (χ3n) is 6.57. The van der Waals surface area contributed by atoms with Crippen LogP contribution in [0.1, 0.15) is 21.5 Å². The smallest absolute Gasteiger partial charge is 0.324 e. The predicted octanol–water partition coefficient (Wildman–Crippen LogP) is 4.20. The summed E-state index contributed by atoms with van der Waals surface area (Å²) in [6.45, 7) is 0.405. The highest BCUT2D eigenvalue weighted by molar-refractivity contribution is 5.93. The first-order chi connectivity index (χ1) is 19.6. The number of imidazole rings is 2. The number of aromatic nitrogens is 6. The molecule has 3 aromatic heterocycles. The van der Waals surface area contributed by atoms with Gasteiger partial charge < -0.3 is 4.98 Å². The molecule has 6 aromatic rings. The van der Waals surface area contributed by atoms with Crippen LogP contribution >= 0.6 is 0 Å². The minimum Gasteiger partial charge on any atom is -0.324 e. The van der Waals surface area contributed by atoms with E-state index in [1.165, 1.54) is 21.5 Å². The highest BCUT2D eigenvalue weighted by Gasteiger charge is 2.19. The Bertz CT molecular complexity index is 1950. The molecule has 3 heterocycles. The van der Waals surface area contributed by atoms with Crippen molar-refractivity contribution in [3.05, 3.63) is 147 Å². The number of rotatable bonds is 7. The van der Waals surface area contributed by atoms with Gasteiger partial charge in [0.1, 0.15) is 17.8 Å². The Labute approximate surface area is 228 Å². The number of carbonyl (C=O) groups is 1. The monoisotopic (exact) mass is 528 g/mol. The molecule has 196 valence electrons. The van der Waals surface area contributed by atoms with Crippen LogP contribution in [0.15, 0.2) is 119 Å². The van der Waals surface area contributed by atoms with Crippen LogP contribution in [0, 0.1) is 0 Å². The second kappa shape index (κ2) is 10.7. The summed E-state index contributed by atoms with van der Waals surface area (Å²) in [7, 11) is 0. The number of allylic oxidation sites excluding steroid dienone is 1. The quantitative estimate of drug-likeness (QED) is 0.313. The lowest BCUT2D eigenvalue weighted by Gasteiger charge is -2.12. The van der Waals surface area contributed by atoms with Gasteiger partial charge in [-0.25, -0.2) is 14.8 Å². The van der Waals surface area contributed by atoms with Crippen molar-refractivity contribution in [2.75, 3.05) is 0 Å². The van der Waals surface area contributed by atoms with Gasteiger partial charge in [0.05, 0.1) is 13.1 Å². The van der Waals surface area contributed by atoms with Crippen molar-refractivity contribution in [1.82, 2.24) is 28.7 Å². The van der Waals surface area contributed by atoms with E-state index in [4.69, 9.17) is 0 Å². The molecule has 0 unspecified atom stereocenters. The molecule has 3 aromatic carbocycles. The molecule has 0 radical (unpaired) electrons. The second-order valence-corrected chi connectivity index (χ2v) is 9.28. The first kappa shape index (κ1) is 24.7. The van der Waals surface area contributed by atoms with E-state index in [0.717, 1.165) is 16.7 Å². The van der Waals surface area contributed by atoms with Gasteiger partial charge in [0.2, 0.25) is 0 Å². The van der Waals surface area contributed by atoms with Crippen molar-refractivity contribution in [1.29, 1.82) is 0 Å². The Morgan fingerprint density at radius 2 is 1.55 bits per heavy atom. The van der Waals surface area contributed by atoms with Gasteiger partial charge in [-0.15, -0.1) is 0 Å². The van der Waals surface area contributed by atoms with E-state index in [9.17, 15) is 14.4 Å². The largest absolute Gasteiger partial charge is 0.333 e. The molecule has 40 heavy (non-hydrogen) atoms. The van der Waals surface area contributed by atoms with Gasteiger partial charge in [0, 0.05) is 24.0 Å². The van der Waals surface area contributed by atoms with Crippen molar-refractivity contribution >= 4 is 23.1 Å². The molecule has 0 bridgehead atoms. The Kier molecular flexibility index (Phi) is 6.60. The van der Waals surface area contributed by atoms with E-state index < -0.39 is 11.2 Å². The molecule has 0 fully saturated rings. The molecule has 0 spiro atoms. The highest BCUT2D eigenvalue weighted by atomic mass is 16.2. The summed E-state index contributed by atoms with van der Waals surface area (Å²) in [6, 6.07) is 26.4. The summed E-state index contributed by atoms with van der Waals surface area (Å²) in [6.07, 6.45) is 7.72. The Morgan fingerprint density at radius 1 is 0.850 bits per heavy atom. The zero-order valence-electron chi connectivity index (χ0n) is 21.3. The van der Waals surface area contributed by atoms with E-state index in [2.05, 4.69) is 15.0 Å². The molecule has 0 saturated heterocycles. The number of fused-ring (bicyclic) bond motifs is 1. The maximum Gasteiger partial charge on any atom is 0.333 e. The van der Waals surface area contributed by atoms with Crippen LogP contribution in [0.5, 0.6) is 0 Å². The lowest BCUT2D eigenvalue weighted by atomic mass is 10.1. The third kappa shape index (κ3) is 4.95. The van der Waals surface area contributed by atoms with Crippen LogP contribution in [-0.2, 0) is 13.1 Å². The summed E-state index contributed by atoms with van der Waals surface area (Å²) in [5, 5.41) is 0. The molecule has 6 rings (SSSR count). The lowest BCUT2D eigenvalue weighted by molar-refractivity contribution is 0.0969. The summed E-state index contributed by atoms with van der Waals surface area (Å²) in [4.78, 5) is 51.3. The van der Waals surface area contributed by atoms with E-state index in [-0.39, 0.29) is 24.5 Å². The Balaban J connectivity index is 1.44. The molecule has 0 saturated carbocycles. The molecular formula is C31H24N6O3. The first-order valence-electron chi connectivity index (χ1n) is 12.7. The standard InChI is InChI=1S/C31H24N6O3/c38-26(35-17-16-32-21-35)15-14-22-12-7-13-25(18-22)28-33-27-29(34-28)36(19-23-8-3-1-4-9-23)31(40)37(30(27)39)20-24-10-5-2-6-11-24/h1-18,21H,19-20H2,(H,33,34)/b15-14+. The van der Waals surface area contributed by atoms with Crippen LogP contribution in [0.2, 0.25) is 0 Å². The highest BCUT2D eigenvalue weighted by Crippen LogP contribution is 2.21. The molecule has 9 heteroatoms. The normalized spacial score (nSPS) is 11.4. The van der Waals surface area contributed by atoms with Gasteiger partial charge in [0.15, 0.2) is 5.52 Å². The number of hydrogen-bond donors (Lipinski definition) is 1. The Morgan fingerprint density at radius 3 is 2.23 bits per heavy atom. The number of carbonyl (C=O) groups excluding carboxylic acids is 1. The topological polar surface area (TPSA) is 108 Å². The van der Waals surface area contributed by atoms with Crippen molar-refractivity contribution in [3.8, 4) is 11.4 Å². The van der Waals surface area contributed by atoms with E-state index >= 15 is 0 Å². The Hall–Kier alpha value is -5.57. The second-order valence-electron chi connectivity index (χ2n) is 9.28.